The Bertz CT molecular complexity index is 305. The first-order valence-corrected chi connectivity index (χ1v) is 6.16. The van der Waals surface area contributed by atoms with Crippen LogP contribution in [0.25, 0.3) is 0 Å². The number of hydrogen-bond acceptors (Lipinski definition) is 3. The van der Waals surface area contributed by atoms with Crippen molar-refractivity contribution in [1.82, 2.24) is 5.32 Å². The van der Waals surface area contributed by atoms with E-state index in [1.807, 2.05) is 18.2 Å². The Labute approximate surface area is 95.7 Å². The zero-order valence-corrected chi connectivity index (χ0v) is 9.76. The van der Waals surface area contributed by atoms with Crippen molar-refractivity contribution in [1.29, 1.82) is 5.26 Å². The van der Waals surface area contributed by atoms with E-state index in [-0.39, 0.29) is 6.04 Å². The smallest absolute Gasteiger partial charge is 0.105 e. The average molecular weight is 220 g/mol. The van der Waals surface area contributed by atoms with Crippen molar-refractivity contribution in [2.75, 3.05) is 12.3 Å². The third-order valence-corrected chi connectivity index (χ3v) is 3.06. The zero-order valence-electron chi connectivity index (χ0n) is 8.94. The minimum Gasteiger partial charge on any atom is -0.301 e. The van der Waals surface area contributed by atoms with Crippen LogP contribution in [-0.4, -0.2) is 18.3 Å². The van der Waals surface area contributed by atoms with Crippen LogP contribution < -0.4 is 5.32 Å². The fourth-order valence-electron chi connectivity index (χ4n) is 1.16. The van der Waals surface area contributed by atoms with E-state index in [1.165, 1.54) is 4.90 Å². The molecule has 3 heteroatoms. The molecule has 0 aliphatic rings. The Morgan fingerprint density at radius 1 is 1.40 bits per heavy atom. The minimum absolute atomic E-state index is 0.0462. The predicted octanol–water partition coefficient (Wildman–Crippen LogP) is 2.67. The Hall–Kier alpha value is -0.980. The zero-order chi connectivity index (χ0) is 10.9. The van der Waals surface area contributed by atoms with Crippen molar-refractivity contribution >= 4 is 11.8 Å². The lowest BCUT2D eigenvalue weighted by Gasteiger charge is -2.09. The molecule has 1 aromatic carbocycles. The van der Waals surface area contributed by atoms with Gasteiger partial charge in [0.15, 0.2) is 0 Å². The highest BCUT2D eigenvalue weighted by molar-refractivity contribution is 7.99. The summed E-state index contributed by atoms with van der Waals surface area (Å²) >= 11 is 1.72. The van der Waals surface area contributed by atoms with Crippen molar-refractivity contribution < 1.29 is 0 Å². The van der Waals surface area contributed by atoms with Gasteiger partial charge < -0.3 is 5.32 Å². The topological polar surface area (TPSA) is 35.8 Å². The molecule has 0 aliphatic heterocycles. The molecule has 1 unspecified atom stereocenters. The van der Waals surface area contributed by atoms with Crippen LogP contribution in [0.3, 0.4) is 0 Å². The second kappa shape index (κ2) is 7.33. The molecule has 0 spiro atoms. The summed E-state index contributed by atoms with van der Waals surface area (Å²) in [5.74, 6) is 0.806. The van der Waals surface area contributed by atoms with E-state index in [4.69, 9.17) is 5.26 Å². The largest absolute Gasteiger partial charge is 0.301 e. The van der Waals surface area contributed by atoms with Crippen molar-refractivity contribution in [2.24, 2.45) is 0 Å². The van der Waals surface area contributed by atoms with Gasteiger partial charge in [-0.15, -0.1) is 11.8 Å². The number of nitrogens with one attached hydrogen (secondary N) is 1. The highest BCUT2D eigenvalue weighted by Gasteiger charge is 2.05. The first-order valence-electron chi connectivity index (χ1n) is 5.17. The fourth-order valence-corrected chi connectivity index (χ4v) is 2.06. The third-order valence-electron chi connectivity index (χ3n) is 1.96. The first kappa shape index (κ1) is 12.1. The Morgan fingerprint density at radius 2 is 2.13 bits per heavy atom. The maximum Gasteiger partial charge on any atom is 0.105 e. The van der Waals surface area contributed by atoms with Gasteiger partial charge in [0, 0.05) is 10.6 Å². The maximum absolute atomic E-state index is 8.90. The summed E-state index contributed by atoms with van der Waals surface area (Å²) in [5, 5.41) is 12.1. The average Bonchev–Trinajstić information content (AvgIpc) is 2.31. The summed E-state index contributed by atoms with van der Waals surface area (Å²) in [7, 11) is 0. The van der Waals surface area contributed by atoms with Crippen molar-refractivity contribution in [3.8, 4) is 6.07 Å². The minimum atomic E-state index is -0.0462. The molecule has 1 rings (SSSR count). The molecule has 1 atom stereocenters. The van der Waals surface area contributed by atoms with Crippen LogP contribution in [0, 0.1) is 11.3 Å². The molecule has 0 saturated carbocycles. The third kappa shape index (κ3) is 4.87. The van der Waals surface area contributed by atoms with Crippen LogP contribution in [0.2, 0.25) is 0 Å². The summed E-state index contributed by atoms with van der Waals surface area (Å²) in [6.45, 7) is 3.01. The van der Waals surface area contributed by atoms with E-state index < -0.39 is 0 Å². The van der Waals surface area contributed by atoms with E-state index in [1.54, 1.807) is 11.8 Å². The fraction of sp³-hybridized carbons (Fsp3) is 0.417. The van der Waals surface area contributed by atoms with Gasteiger partial charge in [-0.25, -0.2) is 0 Å². The lowest BCUT2D eigenvalue weighted by atomic mass is 10.3. The number of nitrogens with zero attached hydrogens (tertiary/aromatic N) is 1. The molecule has 0 heterocycles. The van der Waals surface area contributed by atoms with Gasteiger partial charge in [-0.05, 0) is 25.1 Å². The van der Waals surface area contributed by atoms with Crippen molar-refractivity contribution in [3.05, 3.63) is 30.3 Å². The highest BCUT2D eigenvalue weighted by atomic mass is 32.2. The SMILES string of the molecule is CCCNC(C#N)CSc1ccccc1. The molecular weight excluding hydrogens is 204 g/mol. The predicted molar refractivity (Wildman–Crippen MR) is 64.9 cm³/mol. The molecule has 2 nitrogen and oxygen atoms in total. The maximum atomic E-state index is 8.90. The van der Waals surface area contributed by atoms with Crippen molar-refractivity contribution in [3.63, 3.8) is 0 Å². The monoisotopic (exact) mass is 220 g/mol. The second-order valence-electron chi connectivity index (χ2n) is 3.26. The number of benzene rings is 1. The van der Waals surface area contributed by atoms with Gasteiger partial charge in [0.05, 0.1) is 6.07 Å². The van der Waals surface area contributed by atoms with Crippen LogP contribution in [0.4, 0.5) is 0 Å². The van der Waals surface area contributed by atoms with Gasteiger partial charge >= 0.3 is 0 Å². The molecule has 80 valence electrons. The Balaban J connectivity index is 2.32. The van der Waals surface area contributed by atoms with Crippen LogP contribution in [0.1, 0.15) is 13.3 Å². The van der Waals surface area contributed by atoms with Gasteiger partial charge in [0.25, 0.3) is 0 Å². The van der Waals surface area contributed by atoms with E-state index in [0.717, 1.165) is 18.7 Å². The molecule has 0 bridgehead atoms. The number of hydrogen-bond donors (Lipinski definition) is 1. The number of rotatable bonds is 6. The normalized spacial score (nSPS) is 12.0. The van der Waals surface area contributed by atoms with Crippen molar-refractivity contribution in [2.45, 2.75) is 24.3 Å². The Kier molecular flexibility index (Phi) is 5.91. The van der Waals surface area contributed by atoms with E-state index in [2.05, 4.69) is 30.4 Å². The van der Waals surface area contributed by atoms with Crippen LogP contribution in [0.15, 0.2) is 35.2 Å². The van der Waals surface area contributed by atoms with E-state index >= 15 is 0 Å². The Morgan fingerprint density at radius 3 is 2.73 bits per heavy atom. The number of nitriles is 1. The van der Waals surface area contributed by atoms with E-state index in [0.29, 0.717) is 0 Å². The molecule has 1 aromatic rings. The summed E-state index contributed by atoms with van der Waals surface area (Å²) in [5.41, 5.74) is 0. The van der Waals surface area contributed by atoms with Gasteiger partial charge in [0.2, 0.25) is 0 Å². The summed E-state index contributed by atoms with van der Waals surface area (Å²) in [4.78, 5) is 1.22. The molecule has 0 saturated heterocycles. The lowest BCUT2D eigenvalue weighted by Crippen LogP contribution is -2.30. The molecule has 0 amide bonds. The summed E-state index contributed by atoms with van der Waals surface area (Å²) in [6, 6.07) is 12.4. The summed E-state index contributed by atoms with van der Waals surface area (Å²) < 4.78 is 0. The lowest BCUT2D eigenvalue weighted by molar-refractivity contribution is 0.637. The van der Waals surface area contributed by atoms with Crippen LogP contribution >= 0.6 is 11.8 Å². The number of thioether (sulfide) groups is 1. The molecule has 15 heavy (non-hydrogen) atoms. The van der Waals surface area contributed by atoms with Gasteiger partial charge in [-0.3, -0.25) is 0 Å². The highest BCUT2D eigenvalue weighted by Crippen LogP contribution is 2.17. The standard InChI is InChI=1S/C12H16N2S/c1-2-8-14-11(9-13)10-15-12-6-4-3-5-7-12/h3-7,11,14H,2,8,10H2,1H3. The molecule has 1 N–H and O–H groups in total. The van der Waals surface area contributed by atoms with Crippen LogP contribution in [-0.2, 0) is 0 Å². The van der Waals surface area contributed by atoms with Gasteiger partial charge in [-0.1, -0.05) is 25.1 Å². The first-order chi connectivity index (χ1) is 7.36. The molecule has 0 aromatic heterocycles. The molecule has 0 aliphatic carbocycles. The molecule has 0 fully saturated rings. The summed E-state index contributed by atoms with van der Waals surface area (Å²) in [6.07, 6.45) is 1.06. The van der Waals surface area contributed by atoms with Crippen LogP contribution in [0.5, 0.6) is 0 Å². The van der Waals surface area contributed by atoms with Gasteiger partial charge in [0.1, 0.15) is 6.04 Å². The quantitative estimate of drug-likeness (QED) is 0.749. The molecule has 0 radical (unpaired) electrons. The molecular formula is C12H16N2S. The second-order valence-corrected chi connectivity index (χ2v) is 4.35. The van der Waals surface area contributed by atoms with E-state index in [9.17, 15) is 0 Å². The van der Waals surface area contributed by atoms with Gasteiger partial charge in [-0.2, -0.15) is 5.26 Å².